The third-order valence-corrected chi connectivity index (χ3v) is 4.23. The second kappa shape index (κ2) is 9.11. The van der Waals surface area contributed by atoms with Gasteiger partial charge >= 0.3 is 0 Å². The van der Waals surface area contributed by atoms with Gasteiger partial charge in [-0.1, -0.05) is 0 Å². The van der Waals surface area contributed by atoms with Gasteiger partial charge in [-0.15, -0.1) is 0 Å². The van der Waals surface area contributed by atoms with Crippen LogP contribution in [-0.2, 0) is 0 Å². The summed E-state index contributed by atoms with van der Waals surface area (Å²) in [4.78, 5) is 8.06. The molecule has 11 heteroatoms. The minimum Gasteiger partial charge on any atom is -0.504 e. The van der Waals surface area contributed by atoms with Crippen LogP contribution in [0.1, 0.15) is 0 Å². The number of phenols is 2. The quantitative estimate of drug-likeness (QED) is 0.310. The summed E-state index contributed by atoms with van der Waals surface area (Å²) in [5.41, 5.74) is 0.695. The summed E-state index contributed by atoms with van der Waals surface area (Å²) in [5.74, 6) is -0.566. The van der Waals surface area contributed by atoms with E-state index in [0.29, 0.717) is 22.9 Å². The second-order valence-corrected chi connectivity index (χ2v) is 6.07. The molecule has 0 radical (unpaired) electrons. The summed E-state index contributed by atoms with van der Waals surface area (Å²) >= 11 is 0. The van der Waals surface area contributed by atoms with Gasteiger partial charge in [-0.3, -0.25) is 0 Å². The Labute approximate surface area is 177 Å². The van der Waals surface area contributed by atoms with Crippen LogP contribution < -0.4 is 29.6 Å². The molecule has 3 aromatic rings. The number of nitrogens with zero attached hydrogens (tertiary/aromatic N) is 2. The molecule has 1 aromatic heterocycles. The number of benzene rings is 2. The fraction of sp³-hybridized carbons (Fsp3) is 0.200. The molecule has 1 heterocycles. The molecule has 3 rings (SSSR count). The van der Waals surface area contributed by atoms with E-state index in [9.17, 15) is 14.6 Å². The van der Waals surface area contributed by atoms with Gasteiger partial charge in [0.2, 0.25) is 17.4 Å². The monoisotopic (exact) mass is 432 g/mol. The molecule has 0 bridgehead atoms. The van der Waals surface area contributed by atoms with Gasteiger partial charge in [-0.25, -0.2) is 9.37 Å². The number of phenolic OH excluding ortho intramolecular Hbond substituents is 2. The van der Waals surface area contributed by atoms with Crippen molar-refractivity contribution >= 4 is 23.1 Å². The maximum absolute atomic E-state index is 14.3. The fourth-order valence-electron chi connectivity index (χ4n) is 2.79. The highest BCUT2D eigenvalue weighted by molar-refractivity contribution is 5.72. The van der Waals surface area contributed by atoms with E-state index >= 15 is 0 Å². The first-order chi connectivity index (χ1) is 14.9. The van der Waals surface area contributed by atoms with Crippen molar-refractivity contribution in [3.05, 3.63) is 36.3 Å². The van der Waals surface area contributed by atoms with Crippen molar-refractivity contribution in [3.63, 3.8) is 0 Å². The number of methoxy groups -OCH3 is 4. The van der Waals surface area contributed by atoms with Gasteiger partial charge in [-0.05, 0) is 12.1 Å². The van der Waals surface area contributed by atoms with Gasteiger partial charge in [0.1, 0.15) is 0 Å². The largest absolute Gasteiger partial charge is 0.504 e. The molecule has 0 amide bonds. The molecule has 0 aliphatic carbocycles. The number of rotatable bonds is 8. The number of ether oxygens (including phenoxy) is 4. The fourth-order valence-corrected chi connectivity index (χ4v) is 2.79. The molecule has 31 heavy (non-hydrogen) atoms. The smallest absolute Gasteiger partial charge is 0.229 e. The van der Waals surface area contributed by atoms with Crippen molar-refractivity contribution < 1.29 is 33.6 Å². The number of hydrogen-bond acceptors (Lipinski definition) is 10. The van der Waals surface area contributed by atoms with Crippen LogP contribution in [0.3, 0.4) is 0 Å². The van der Waals surface area contributed by atoms with Crippen LogP contribution in [-0.4, -0.2) is 48.6 Å². The zero-order valence-corrected chi connectivity index (χ0v) is 17.2. The van der Waals surface area contributed by atoms with E-state index in [-0.39, 0.29) is 29.0 Å². The molecule has 0 spiro atoms. The van der Waals surface area contributed by atoms with Gasteiger partial charge in [0.25, 0.3) is 0 Å². The highest BCUT2D eigenvalue weighted by atomic mass is 19.1. The van der Waals surface area contributed by atoms with E-state index in [1.165, 1.54) is 40.6 Å². The van der Waals surface area contributed by atoms with Crippen LogP contribution in [0.15, 0.2) is 30.5 Å². The summed E-state index contributed by atoms with van der Waals surface area (Å²) < 4.78 is 35.3. The third-order valence-electron chi connectivity index (χ3n) is 4.23. The second-order valence-electron chi connectivity index (χ2n) is 6.07. The van der Waals surface area contributed by atoms with E-state index in [1.54, 1.807) is 12.1 Å². The summed E-state index contributed by atoms with van der Waals surface area (Å²) in [6, 6.07) is 5.92. The van der Waals surface area contributed by atoms with E-state index in [2.05, 4.69) is 20.6 Å². The maximum Gasteiger partial charge on any atom is 0.229 e. The van der Waals surface area contributed by atoms with Gasteiger partial charge in [0.15, 0.2) is 34.6 Å². The summed E-state index contributed by atoms with van der Waals surface area (Å²) in [6.07, 6.45) is 0.975. The molecule has 0 fully saturated rings. The summed E-state index contributed by atoms with van der Waals surface area (Å²) in [7, 11) is 5.76. The van der Waals surface area contributed by atoms with Crippen LogP contribution in [0.2, 0.25) is 0 Å². The third kappa shape index (κ3) is 4.39. The van der Waals surface area contributed by atoms with Gasteiger partial charge in [-0.2, -0.15) is 4.98 Å². The Balaban J connectivity index is 1.93. The van der Waals surface area contributed by atoms with E-state index in [1.807, 2.05) is 0 Å². The lowest BCUT2D eigenvalue weighted by atomic mass is 10.2. The molecule has 0 saturated carbocycles. The zero-order valence-electron chi connectivity index (χ0n) is 17.2. The highest BCUT2D eigenvalue weighted by Gasteiger charge is 2.17. The standard InChI is InChI=1S/C20H21FN4O6/c1-28-14-7-10(8-15(29-2)18(14)31-4)23-20-22-9-11(21)19(25-20)24-12-5-6-13(26)16(27)17(12)30-3/h5-9,26-27H,1-4H3,(H2,22,23,24,25). The average molecular weight is 432 g/mol. The first-order valence-electron chi connectivity index (χ1n) is 8.87. The van der Waals surface area contributed by atoms with Crippen molar-refractivity contribution in [2.24, 2.45) is 0 Å². The average Bonchev–Trinajstić information content (AvgIpc) is 2.78. The summed E-state index contributed by atoms with van der Waals surface area (Å²) in [5, 5.41) is 25.2. The molecular formula is C20H21FN4O6. The molecule has 0 aliphatic heterocycles. The number of aromatic hydroxyl groups is 2. The molecule has 0 saturated heterocycles. The lowest BCUT2D eigenvalue weighted by Gasteiger charge is -2.15. The number of nitrogens with one attached hydrogen (secondary N) is 2. The van der Waals surface area contributed by atoms with Crippen LogP contribution in [0.5, 0.6) is 34.5 Å². The van der Waals surface area contributed by atoms with Crippen LogP contribution in [0, 0.1) is 5.82 Å². The zero-order chi connectivity index (χ0) is 22.5. The Morgan fingerprint density at radius 2 is 1.52 bits per heavy atom. The maximum atomic E-state index is 14.3. The highest BCUT2D eigenvalue weighted by Crippen LogP contribution is 2.43. The van der Waals surface area contributed by atoms with Crippen molar-refractivity contribution in [1.29, 1.82) is 0 Å². The van der Waals surface area contributed by atoms with Crippen LogP contribution >= 0.6 is 0 Å². The Morgan fingerprint density at radius 3 is 2.10 bits per heavy atom. The van der Waals surface area contributed by atoms with E-state index < -0.39 is 11.6 Å². The first-order valence-corrected chi connectivity index (χ1v) is 8.87. The van der Waals surface area contributed by atoms with Crippen molar-refractivity contribution in [1.82, 2.24) is 9.97 Å². The number of anilines is 4. The Morgan fingerprint density at radius 1 is 0.871 bits per heavy atom. The summed E-state index contributed by atoms with van der Waals surface area (Å²) in [6.45, 7) is 0. The van der Waals surface area contributed by atoms with Gasteiger partial charge in [0.05, 0.1) is 40.3 Å². The number of halogens is 1. The molecule has 0 unspecified atom stereocenters. The topological polar surface area (TPSA) is 127 Å². The van der Waals surface area contributed by atoms with Crippen molar-refractivity contribution in [2.45, 2.75) is 0 Å². The van der Waals surface area contributed by atoms with E-state index in [4.69, 9.17) is 18.9 Å². The molecule has 2 aromatic carbocycles. The van der Waals surface area contributed by atoms with E-state index in [0.717, 1.165) is 6.20 Å². The van der Waals surface area contributed by atoms with Crippen LogP contribution in [0.4, 0.5) is 27.5 Å². The van der Waals surface area contributed by atoms with Crippen molar-refractivity contribution in [3.8, 4) is 34.5 Å². The Bertz CT molecular complexity index is 1070. The SMILES string of the molecule is COc1cc(Nc2ncc(F)c(Nc3ccc(O)c(O)c3OC)n2)cc(OC)c1OC. The lowest BCUT2D eigenvalue weighted by Crippen LogP contribution is -2.05. The Kier molecular flexibility index (Phi) is 6.34. The minimum atomic E-state index is -0.745. The van der Waals surface area contributed by atoms with Gasteiger partial charge in [0, 0.05) is 17.8 Å². The van der Waals surface area contributed by atoms with Gasteiger partial charge < -0.3 is 39.8 Å². The molecule has 10 nitrogen and oxygen atoms in total. The van der Waals surface area contributed by atoms with Crippen molar-refractivity contribution in [2.75, 3.05) is 39.1 Å². The predicted molar refractivity (Wildman–Crippen MR) is 111 cm³/mol. The molecule has 0 aliphatic rings. The molecule has 4 N–H and O–H groups in total. The predicted octanol–water partition coefficient (Wildman–Crippen LogP) is 3.55. The molecule has 0 atom stereocenters. The minimum absolute atomic E-state index is 0.0696. The first kappa shape index (κ1) is 21.6. The Hall–Kier alpha value is -4.15. The molecular weight excluding hydrogens is 411 g/mol. The molecule has 164 valence electrons. The lowest BCUT2D eigenvalue weighted by molar-refractivity contribution is 0.324. The van der Waals surface area contributed by atoms with Crippen LogP contribution in [0.25, 0.3) is 0 Å². The number of hydrogen-bond donors (Lipinski definition) is 4. The number of aromatic nitrogens is 2. The normalized spacial score (nSPS) is 10.4.